The van der Waals surface area contributed by atoms with Crippen molar-refractivity contribution in [2.75, 3.05) is 16.5 Å². The fraction of sp³-hybridized carbons (Fsp3) is 0.0862. The lowest BCUT2D eigenvalue weighted by Gasteiger charge is -2.27. The first kappa shape index (κ1) is 34.8. The molecule has 11 rings (SSSR count). The SMILES string of the molecule is [2H]c1nc(-n2c3ccc(-c4ccccc4)cc3c3ccc(Oc4cccc(N5CN(c6c(-c7ccccc7)cccc6-c6ccccc6)c6ccccc65)c4)cc32)c([2H])c(C(C)(C)C)c1[2H]. The van der Waals surface area contributed by atoms with Crippen LogP contribution in [0.3, 0.4) is 0 Å². The molecule has 5 nitrogen and oxygen atoms in total. The number of para-hydroxylation sites is 3. The van der Waals surface area contributed by atoms with Gasteiger partial charge in [0.1, 0.15) is 24.0 Å². The first-order chi connectivity index (χ1) is 32.1. The third-order valence-corrected chi connectivity index (χ3v) is 12.0. The van der Waals surface area contributed by atoms with E-state index in [4.69, 9.17) is 7.48 Å². The van der Waals surface area contributed by atoms with Crippen molar-refractivity contribution in [1.29, 1.82) is 0 Å². The number of nitrogens with zero attached hydrogens (tertiary/aromatic N) is 4. The maximum atomic E-state index is 9.49. The van der Waals surface area contributed by atoms with E-state index in [1.807, 2.05) is 67.8 Å². The number of aromatic nitrogens is 2. The van der Waals surface area contributed by atoms with Gasteiger partial charge in [0, 0.05) is 45.9 Å². The molecule has 5 heteroatoms. The van der Waals surface area contributed by atoms with E-state index in [1.165, 1.54) is 0 Å². The minimum absolute atomic E-state index is 0.0203. The molecule has 0 unspecified atom stereocenters. The Kier molecular flexibility index (Phi) is 8.58. The van der Waals surface area contributed by atoms with Gasteiger partial charge in [-0.1, -0.05) is 154 Å². The van der Waals surface area contributed by atoms with E-state index in [0.717, 1.165) is 77.9 Å². The lowest BCUT2D eigenvalue weighted by Crippen LogP contribution is -2.24. The molecule has 0 aliphatic carbocycles. The first-order valence-corrected chi connectivity index (χ1v) is 21.4. The number of hydrogen-bond acceptors (Lipinski definition) is 4. The standard InChI is InChI=1S/C58H46N4O/c1-58(2,3)44-33-34-59-56(36-44)62-52-32-29-43(40-17-7-4-8-18-40)35-51(52)50-31-30-47(38-55(50)62)63-46-24-15-23-45(37-46)60-39-61(54-28-14-13-27-53(54)60)57-48(41-19-9-5-10-20-41)25-16-26-49(57)42-21-11-6-12-22-42/h4-38H,39H2,1-3H3/i33D,34D,36D. The summed E-state index contributed by atoms with van der Waals surface area (Å²) in [5.41, 5.74) is 12.7. The third-order valence-electron chi connectivity index (χ3n) is 12.0. The maximum absolute atomic E-state index is 9.49. The monoisotopic (exact) mass is 817 g/mol. The van der Waals surface area contributed by atoms with Crippen molar-refractivity contribution in [3.63, 3.8) is 0 Å². The molecule has 0 N–H and O–H groups in total. The van der Waals surface area contributed by atoms with Crippen LogP contribution in [0.2, 0.25) is 0 Å². The van der Waals surface area contributed by atoms with E-state index < -0.39 is 5.41 Å². The minimum Gasteiger partial charge on any atom is -0.457 e. The summed E-state index contributed by atoms with van der Waals surface area (Å²) in [6, 6.07) is 67.4. The van der Waals surface area contributed by atoms with Crippen molar-refractivity contribution in [1.82, 2.24) is 9.55 Å². The van der Waals surface area contributed by atoms with Crippen LogP contribution in [-0.2, 0) is 5.41 Å². The summed E-state index contributed by atoms with van der Waals surface area (Å²) in [7, 11) is 0. The number of fused-ring (bicyclic) bond motifs is 4. The molecule has 304 valence electrons. The van der Waals surface area contributed by atoms with Crippen LogP contribution in [0.1, 0.15) is 30.4 Å². The van der Waals surface area contributed by atoms with Crippen molar-refractivity contribution in [2.45, 2.75) is 26.2 Å². The molecule has 10 aromatic rings. The Labute approximate surface area is 373 Å². The van der Waals surface area contributed by atoms with Gasteiger partial charge in [-0.05, 0) is 93.8 Å². The van der Waals surface area contributed by atoms with Crippen molar-refractivity contribution < 1.29 is 8.85 Å². The lowest BCUT2D eigenvalue weighted by molar-refractivity contribution is 0.483. The van der Waals surface area contributed by atoms with Crippen molar-refractivity contribution in [3.8, 4) is 50.7 Å². The topological polar surface area (TPSA) is 33.5 Å². The molecule has 1 aliphatic heterocycles. The first-order valence-electron chi connectivity index (χ1n) is 22.9. The third kappa shape index (κ3) is 6.98. The van der Waals surface area contributed by atoms with E-state index in [-0.39, 0.29) is 18.3 Å². The van der Waals surface area contributed by atoms with Gasteiger partial charge in [-0.3, -0.25) is 4.57 Å². The molecule has 0 spiro atoms. The highest BCUT2D eigenvalue weighted by Gasteiger charge is 2.31. The second-order valence-corrected chi connectivity index (χ2v) is 17.1. The predicted molar refractivity (Wildman–Crippen MR) is 262 cm³/mol. The van der Waals surface area contributed by atoms with Gasteiger partial charge in [0.05, 0.1) is 32.2 Å². The molecule has 1 aliphatic rings. The molecule has 3 heterocycles. The van der Waals surface area contributed by atoms with Gasteiger partial charge >= 0.3 is 0 Å². The smallest absolute Gasteiger partial charge is 0.137 e. The molecule has 63 heavy (non-hydrogen) atoms. The van der Waals surface area contributed by atoms with E-state index in [2.05, 4.69) is 166 Å². The van der Waals surface area contributed by atoms with Gasteiger partial charge in [-0.2, -0.15) is 0 Å². The van der Waals surface area contributed by atoms with Crippen LogP contribution >= 0.6 is 0 Å². The van der Waals surface area contributed by atoms with Gasteiger partial charge in [0.25, 0.3) is 0 Å². The lowest BCUT2D eigenvalue weighted by atomic mass is 9.88. The summed E-state index contributed by atoms with van der Waals surface area (Å²) in [5, 5.41) is 1.95. The van der Waals surface area contributed by atoms with Crippen LogP contribution in [0.5, 0.6) is 11.5 Å². The van der Waals surface area contributed by atoms with Crippen LogP contribution in [-0.4, -0.2) is 16.2 Å². The summed E-state index contributed by atoms with van der Waals surface area (Å²) >= 11 is 0. The second kappa shape index (κ2) is 15.5. The molecule has 0 saturated carbocycles. The molecule has 2 aromatic heterocycles. The maximum Gasteiger partial charge on any atom is 0.137 e. The molecule has 0 saturated heterocycles. The predicted octanol–water partition coefficient (Wildman–Crippen LogP) is 15.5. The number of hydrogen-bond donors (Lipinski definition) is 0. The van der Waals surface area contributed by atoms with Crippen LogP contribution < -0.4 is 14.5 Å². The summed E-state index contributed by atoms with van der Waals surface area (Å²) < 4.78 is 35.8. The normalized spacial score (nSPS) is 13.2. The molecule has 0 bridgehead atoms. The zero-order chi connectivity index (χ0) is 45.1. The summed E-state index contributed by atoms with van der Waals surface area (Å²) in [6.45, 7) is 6.51. The molecular formula is C58H46N4O. The molecular weight excluding hydrogens is 769 g/mol. The zero-order valence-electron chi connectivity index (χ0n) is 38.4. The largest absolute Gasteiger partial charge is 0.457 e. The summed E-state index contributed by atoms with van der Waals surface area (Å²) in [4.78, 5) is 9.40. The van der Waals surface area contributed by atoms with Gasteiger partial charge in [-0.15, -0.1) is 0 Å². The number of anilines is 4. The van der Waals surface area contributed by atoms with Crippen molar-refractivity contribution in [2.24, 2.45) is 0 Å². The molecule has 0 radical (unpaired) electrons. The van der Waals surface area contributed by atoms with E-state index in [1.54, 1.807) is 0 Å². The van der Waals surface area contributed by atoms with Crippen LogP contribution in [0.4, 0.5) is 22.7 Å². The molecule has 0 fully saturated rings. The minimum atomic E-state index is -0.553. The Bertz CT molecular complexity index is 3400. The average molecular weight is 818 g/mol. The Hall–Kier alpha value is -7.89. The summed E-state index contributed by atoms with van der Waals surface area (Å²) in [5.74, 6) is 1.60. The number of rotatable bonds is 8. The second-order valence-electron chi connectivity index (χ2n) is 17.1. The van der Waals surface area contributed by atoms with Crippen LogP contribution in [0, 0.1) is 0 Å². The van der Waals surface area contributed by atoms with Gasteiger partial charge < -0.3 is 14.5 Å². The Balaban J connectivity index is 1.01. The molecule has 8 aromatic carbocycles. The quantitative estimate of drug-likeness (QED) is 0.153. The fourth-order valence-electron chi connectivity index (χ4n) is 8.90. The van der Waals surface area contributed by atoms with Gasteiger partial charge in [0.2, 0.25) is 0 Å². The number of pyridine rings is 1. The summed E-state index contributed by atoms with van der Waals surface area (Å²) in [6.07, 6.45) is -0.159. The van der Waals surface area contributed by atoms with E-state index in [9.17, 15) is 1.37 Å². The van der Waals surface area contributed by atoms with Crippen LogP contribution in [0.15, 0.2) is 212 Å². The number of benzene rings is 8. The van der Waals surface area contributed by atoms with E-state index in [0.29, 0.717) is 29.5 Å². The van der Waals surface area contributed by atoms with Crippen molar-refractivity contribution in [3.05, 3.63) is 218 Å². The van der Waals surface area contributed by atoms with Gasteiger partial charge in [-0.25, -0.2) is 4.98 Å². The highest BCUT2D eigenvalue weighted by Crippen LogP contribution is 2.50. The average Bonchev–Trinajstić information content (AvgIpc) is 3.88. The highest BCUT2D eigenvalue weighted by molar-refractivity contribution is 6.11. The van der Waals surface area contributed by atoms with Gasteiger partial charge in [0.15, 0.2) is 0 Å². The molecule has 0 atom stereocenters. The van der Waals surface area contributed by atoms with Crippen molar-refractivity contribution >= 4 is 44.6 Å². The number of ether oxygens (including phenoxy) is 1. The highest BCUT2D eigenvalue weighted by atomic mass is 16.5. The zero-order valence-corrected chi connectivity index (χ0v) is 35.4. The Morgan fingerprint density at radius 3 is 1.83 bits per heavy atom. The van der Waals surface area contributed by atoms with Crippen LogP contribution in [0.25, 0.3) is 61.0 Å². The Morgan fingerprint density at radius 1 is 0.524 bits per heavy atom. The Morgan fingerprint density at radius 2 is 1.14 bits per heavy atom. The molecule has 0 amide bonds. The fourth-order valence-corrected chi connectivity index (χ4v) is 8.90. The van der Waals surface area contributed by atoms with E-state index >= 15 is 0 Å².